The molecule has 37 heavy (non-hydrogen) atoms. The van der Waals surface area contributed by atoms with Crippen LogP contribution in [0.4, 0.5) is 0 Å². The van der Waals surface area contributed by atoms with Gasteiger partial charge in [-0.05, 0) is 87.1 Å². The smallest absolute Gasteiger partial charge is 0.216 e. The van der Waals surface area contributed by atoms with Gasteiger partial charge in [-0.2, -0.15) is 5.26 Å². The van der Waals surface area contributed by atoms with Gasteiger partial charge in [-0.25, -0.2) is 4.57 Å². The van der Waals surface area contributed by atoms with E-state index in [1.807, 2.05) is 6.07 Å². The Balaban J connectivity index is 1.50. The number of hydrogen-bond acceptors (Lipinski definition) is 2. The predicted molar refractivity (Wildman–Crippen MR) is 150 cm³/mol. The zero-order valence-corrected chi connectivity index (χ0v) is 22.1. The normalized spacial score (nSPS) is 17.8. The molecular weight excluding hydrogens is 452 g/mol. The Kier molecular flexibility index (Phi) is 5.84. The van der Waals surface area contributed by atoms with E-state index in [1.54, 1.807) is 0 Å². The minimum Gasteiger partial charge on any atom is -0.455 e. The SMILES string of the molecule is Cc1cc(-c2c(C)ccc3c2oc2c(C4CCC(c5ccccc5)CC4)c(C#N)ccc23)[n+](C)cc1C. The van der Waals surface area contributed by atoms with E-state index in [1.165, 1.54) is 22.3 Å². The minimum absolute atomic E-state index is 0.334. The van der Waals surface area contributed by atoms with Crippen LogP contribution in [0.15, 0.2) is 71.3 Å². The van der Waals surface area contributed by atoms with E-state index in [0.29, 0.717) is 11.8 Å². The van der Waals surface area contributed by atoms with Crippen LogP contribution in [0.3, 0.4) is 0 Å². The first kappa shape index (κ1) is 23.5. The van der Waals surface area contributed by atoms with Gasteiger partial charge in [-0.1, -0.05) is 42.5 Å². The van der Waals surface area contributed by atoms with Crippen LogP contribution in [-0.4, -0.2) is 0 Å². The van der Waals surface area contributed by atoms with E-state index in [9.17, 15) is 5.26 Å². The van der Waals surface area contributed by atoms with Crippen molar-refractivity contribution in [2.45, 2.75) is 58.3 Å². The molecule has 0 saturated heterocycles. The average molecular weight is 486 g/mol. The van der Waals surface area contributed by atoms with Gasteiger partial charge in [-0.15, -0.1) is 0 Å². The Hall–Kier alpha value is -3.90. The van der Waals surface area contributed by atoms with E-state index < -0.39 is 0 Å². The van der Waals surface area contributed by atoms with Crippen LogP contribution < -0.4 is 4.57 Å². The fourth-order valence-corrected chi connectivity index (χ4v) is 6.42. The summed E-state index contributed by atoms with van der Waals surface area (Å²) in [6, 6.07) is 24.1. The monoisotopic (exact) mass is 485 g/mol. The quantitative estimate of drug-likeness (QED) is 0.241. The first-order chi connectivity index (χ1) is 18.0. The molecule has 6 rings (SSSR count). The largest absolute Gasteiger partial charge is 0.455 e. The highest BCUT2D eigenvalue weighted by Gasteiger charge is 2.29. The lowest BCUT2D eigenvalue weighted by Crippen LogP contribution is -2.31. The van der Waals surface area contributed by atoms with Gasteiger partial charge >= 0.3 is 0 Å². The van der Waals surface area contributed by atoms with Crippen molar-refractivity contribution in [3.63, 3.8) is 0 Å². The second-order valence-corrected chi connectivity index (χ2v) is 10.8. The van der Waals surface area contributed by atoms with Gasteiger partial charge in [0, 0.05) is 28.0 Å². The zero-order valence-electron chi connectivity index (χ0n) is 22.1. The zero-order chi connectivity index (χ0) is 25.7. The predicted octanol–water partition coefficient (Wildman–Crippen LogP) is 8.32. The van der Waals surface area contributed by atoms with Crippen LogP contribution >= 0.6 is 0 Å². The van der Waals surface area contributed by atoms with Crippen LogP contribution in [0, 0.1) is 32.1 Å². The maximum atomic E-state index is 10.1. The molecule has 1 aliphatic carbocycles. The molecule has 1 aliphatic rings. The molecule has 0 N–H and O–H groups in total. The highest BCUT2D eigenvalue weighted by molar-refractivity contribution is 6.11. The summed E-state index contributed by atoms with van der Waals surface area (Å²) >= 11 is 0. The van der Waals surface area contributed by atoms with Crippen molar-refractivity contribution >= 4 is 21.9 Å². The molecule has 0 spiro atoms. The van der Waals surface area contributed by atoms with Crippen molar-refractivity contribution in [2.24, 2.45) is 7.05 Å². The third-order valence-electron chi connectivity index (χ3n) is 8.58. The van der Waals surface area contributed by atoms with Crippen molar-refractivity contribution in [2.75, 3.05) is 0 Å². The topological polar surface area (TPSA) is 40.8 Å². The summed E-state index contributed by atoms with van der Waals surface area (Å²) in [7, 11) is 2.10. The number of pyridine rings is 1. The molecule has 0 amide bonds. The fraction of sp³-hybridized carbons (Fsp3) is 0.294. The van der Waals surface area contributed by atoms with E-state index in [0.717, 1.165) is 70.0 Å². The average Bonchev–Trinajstić information content (AvgIpc) is 3.29. The molecule has 3 heteroatoms. The Morgan fingerprint density at radius 3 is 2.19 bits per heavy atom. The van der Waals surface area contributed by atoms with Crippen LogP contribution in [0.5, 0.6) is 0 Å². The number of rotatable bonds is 3. The van der Waals surface area contributed by atoms with Gasteiger partial charge in [0.25, 0.3) is 0 Å². The number of aromatic nitrogens is 1. The number of nitriles is 1. The molecule has 0 atom stereocenters. The summed E-state index contributed by atoms with van der Waals surface area (Å²) in [6.45, 7) is 6.47. The van der Waals surface area contributed by atoms with E-state index in [4.69, 9.17) is 4.42 Å². The number of aryl methyl sites for hydroxylation is 4. The standard InChI is InChI=1S/C34H33N2O/c1-21-10-16-28-29-17-15-27(19-35)32(26-13-11-25(12-14-26)24-8-6-5-7-9-24)34(29)37-33(28)31(21)30-18-22(2)23(3)20-36(30)4/h5-10,15-18,20,25-26H,11-14H2,1-4H3/q+1. The summed E-state index contributed by atoms with van der Waals surface area (Å²) in [5, 5.41) is 12.3. The fourth-order valence-electron chi connectivity index (χ4n) is 6.42. The molecule has 0 unspecified atom stereocenters. The molecule has 1 fully saturated rings. The van der Waals surface area contributed by atoms with Gasteiger partial charge in [0.1, 0.15) is 18.2 Å². The van der Waals surface area contributed by atoms with Crippen molar-refractivity contribution in [1.29, 1.82) is 5.26 Å². The number of nitrogens with zero attached hydrogens (tertiary/aromatic N) is 2. The van der Waals surface area contributed by atoms with E-state index in [-0.39, 0.29) is 0 Å². The molecule has 3 aromatic carbocycles. The minimum atomic E-state index is 0.334. The summed E-state index contributed by atoms with van der Waals surface area (Å²) in [5.74, 6) is 0.929. The lowest BCUT2D eigenvalue weighted by atomic mass is 9.75. The summed E-state index contributed by atoms with van der Waals surface area (Å²) < 4.78 is 9.02. The maximum Gasteiger partial charge on any atom is 0.216 e. The lowest BCUT2D eigenvalue weighted by Gasteiger charge is -2.29. The van der Waals surface area contributed by atoms with Crippen LogP contribution in [-0.2, 0) is 7.05 Å². The summed E-state index contributed by atoms with van der Waals surface area (Å²) in [5.41, 5.74) is 11.1. The Morgan fingerprint density at radius 1 is 0.784 bits per heavy atom. The second kappa shape index (κ2) is 9.20. The van der Waals surface area contributed by atoms with E-state index >= 15 is 0 Å². The van der Waals surface area contributed by atoms with Crippen molar-refractivity contribution < 1.29 is 8.98 Å². The third-order valence-corrected chi connectivity index (χ3v) is 8.58. The first-order valence-electron chi connectivity index (χ1n) is 13.4. The molecule has 0 bridgehead atoms. The Labute approximate surface area is 219 Å². The first-order valence-corrected chi connectivity index (χ1v) is 13.4. The summed E-state index contributed by atoms with van der Waals surface area (Å²) in [6.07, 6.45) is 6.61. The van der Waals surface area contributed by atoms with Gasteiger partial charge in [0.05, 0.1) is 17.2 Å². The molecule has 2 heterocycles. The van der Waals surface area contributed by atoms with Crippen LogP contribution in [0.2, 0.25) is 0 Å². The highest BCUT2D eigenvalue weighted by atomic mass is 16.3. The molecule has 0 aliphatic heterocycles. The highest BCUT2D eigenvalue weighted by Crippen LogP contribution is 2.46. The Morgan fingerprint density at radius 2 is 1.46 bits per heavy atom. The molecule has 2 aromatic heterocycles. The summed E-state index contributed by atoms with van der Waals surface area (Å²) in [4.78, 5) is 0. The van der Waals surface area contributed by atoms with Crippen molar-refractivity contribution in [1.82, 2.24) is 0 Å². The lowest BCUT2D eigenvalue weighted by molar-refractivity contribution is -0.660. The van der Waals surface area contributed by atoms with Crippen molar-refractivity contribution in [3.05, 3.63) is 100 Å². The molecule has 184 valence electrons. The van der Waals surface area contributed by atoms with Gasteiger partial charge in [0.15, 0.2) is 6.20 Å². The van der Waals surface area contributed by atoms with E-state index in [2.05, 4.69) is 99.2 Å². The molecule has 0 radical (unpaired) electrons. The number of fused-ring (bicyclic) bond motifs is 3. The second-order valence-electron chi connectivity index (χ2n) is 10.8. The Bertz CT molecular complexity index is 1680. The van der Waals surface area contributed by atoms with Gasteiger partial charge < -0.3 is 4.42 Å². The number of hydrogen-bond donors (Lipinski definition) is 0. The molecule has 3 nitrogen and oxygen atoms in total. The van der Waals surface area contributed by atoms with Crippen LogP contribution in [0.25, 0.3) is 33.2 Å². The van der Waals surface area contributed by atoms with Crippen LogP contribution in [0.1, 0.15) is 70.9 Å². The molecule has 1 saturated carbocycles. The third kappa shape index (κ3) is 3.92. The van der Waals surface area contributed by atoms with Crippen molar-refractivity contribution in [3.8, 4) is 17.3 Å². The van der Waals surface area contributed by atoms with Gasteiger partial charge in [-0.3, -0.25) is 0 Å². The van der Waals surface area contributed by atoms with Gasteiger partial charge in [0.2, 0.25) is 5.69 Å². The molecular formula is C34H33N2O+. The number of furan rings is 1. The molecule has 5 aromatic rings. The number of benzene rings is 3. The maximum absolute atomic E-state index is 10.1.